The minimum absolute atomic E-state index is 0.704. The molecule has 2 unspecified atom stereocenters. The first kappa shape index (κ1) is 12.7. The van der Waals surface area contributed by atoms with Crippen LogP contribution in [0.15, 0.2) is 24.3 Å². The highest BCUT2D eigenvalue weighted by atomic mass is 14.9. The largest absolute Gasteiger partial charge is 0.310 e. The number of hydrogen-bond donors (Lipinski definition) is 1. The summed E-state index contributed by atoms with van der Waals surface area (Å²) in [5.41, 5.74) is 2.03. The minimum atomic E-state index is 0.704. The molecule has 0 aromatic heterocycles. The molecule has 3 rings (SSSR count). The van der Waals surface area contributed by atoms with Crippen molar-refractivity contribution < 1.29 is 0 Å². The van der Waals surface area contributed by atoms with E-state index >= 15 is 0 Å². The highest BCUT2D eigenvalue weighted by molar-refractivity contribution is 5.31. The van der Waals surface area contributed by atoms with E-state index in [-0.39, 0.29) is 0 Å². The number of nitrogens with one attached hydrogen (secondary N) is 1. The fourth-order valence-electron chi connectivity index (χ4n) is 3.37. The summed E-state index contributed by atoms with van der Waals surface area (Å²) in [4.78, 5) is 0. The number of hydrogen-bond acceptors (Lipinski definition) is 2. The Kier molecular flexibility index (Phi) is 3.84. The SMILES string of the molecule is N#Cc1ccc(CNC2CCCC(C3CC3)C2)cc1. The molecule has 100 valence electrons. The van der Waals surface area contributed by atoms with E-state index in [4.69, 9.17) is 5.26 Å². The highest BCUT2D eigenvalue weighted by Gasteiger charge is 2.34. The predicted octanol–water partition coefficient (Wildman–Crippen LogP) is 3.62. The van der Waals surface area contributed by atoms with Crippen LogP contribution in [-0.4, -0.2) is 6.04 Å². The summed E-state index contributed by atoms with van der Waals surface area (Å²) in [7, 11) is 0. The molecule has 1 N–H and O–H groups in total. The molecule has 1 aromatic carbocycles. The smallest absolute Gasteiger partial charge is 0.0991 e. The van der Waals surface area contributed by atoms with E-state index in [0.29, 0.717) is 6.04 Å². The molecule has 2 heteroatoms. The molecule has 0 radical (unpaired) electrons. The molecular formula is C17H22N2. The molecule has 0 saturated heterocycles. The van der Waals surface area contributed by atoms with Crippen molar-refractivity contribution in [1.82, 2.24) is 5.32 Å². The van der Waals surface area contributed by atoms with Crippen LogP contribution in [0.1, 0.15) is 49.7 Å². The third-order valence-electron chi connectivity index (χ3n) is 4.68. The Hall–Kier alpha value is -1.33. The van der Waals surface area contributed by atoms with Crippen LogP contribution in [0.4, 0.5) is 0 Å². The Morgan fingerprint density at radius 1 is 1.05 bits per heavy atom. The second-order valence-corrected chi connectivity index (χ2v) is 6.15. The average Bonchev–Trinajstić information content (AvgIpc) is 3.31. The van der Waals surface area contributed by atoms with Crippen molar-refractivity contribution in [2.45, 2.75) is 51.1 Å². The lowest BCUT2D eigenvalue weighted by molar-refractivity contribution is 0.260. The first-order valence-electron chi connectivity index (χ1n) is 7.57. The fraction of sp³-hybridized carbons (Fsp3) is 0.588. The second-order valence-electron chi connectivity index (χ2n) is 6.15. The Balaban J connectivity index is 1.49. The van der Waals surface area contributed by atoms with Crippen molar-refractivity contribution in [2.24, 2.45) is 11.8 Å². The maximum Gasteiger partial charge on any atom is 0.0991 e. The highest BCUT2D eigenvalue weighted by Crippen LogP contribution is 2.43. The van der Waals surface area contributed by atoms with Crippen LogP contribution in [0.2, 0.25) is 0 Å². The zero-order valence-corrected chi connectivity index (χ0v) is 11.4. The monoisotopic (exact) mass is 254 g/mol. The normalized spacial score (nSPS) is 26.9. The molecule has 0 bridgehead atoms. The summed E-state index contributed by atoms with van der Waals surface area (Å²) in [6, 6.07) is 10.8. The summed E-state index contributed by atoms with van der Waals surface area (Å²) < 4.78 is 0. The van der Waals surface area contributed by atoms with Gasteiger partial charge in [0.2, 0.25) is 0 Å². The summed E-state index contributed by atoms with van der Waals surface area (Å²) in [6.45, 7) is 0.938. The summed E-state index contributed by atoms with van der Waals surface area (Å²) >= 11 is 0. The minimum Gasteiger partial charge on any atom is -0.310 e. The molecule has 19 heavy (non-hydrogen) atoms. The Bertz CT molecular complexity index is 453. The van der Waals surface area contributed by atoms with Gasteiger partial charge in [-0.05, 0) is 55.2 Å². The van der Waals surface area contributed by atoms with Gasteiger partial charge in [0.15, 0.2) is 0 Å². The van der Waals surface area contributed by atoms with E-state index in [2.05, 4.69) is 23.5 Å². The fourth-order valence-corrected chi connectivity index (χ4v) is 3.37. The molecule has 2 aliphatic rings. The number of nitrogens with zero attached hydrogens (tertiary/aromatic N) is 1. The quantitative estimate of drug-likeness (QED) is 0.890. The van der Waals surface area contributed by atoms with E-state index in [1.165, 1.54) is 44.1 Å². The van der Waals surface area contributed by atoms with Gasteiger partial charge in [-0.1, -0.05) is 25.0 Å². The van der Waals surface area contributed by atoms with Crippen molar-refractivity contribution in [1.29, 1.82) is 5.26 Å². The summed E-state index contributed by atoms with van der Waals surface area (Å²) in [6.07, 6.45) is 8.52. The van der Waals surface area contributed by atoms with Crippen LogP contribution in [0.5, 0.6) is 0 Å². The predicted molar refractivity (Wildman–Crippen MR) is 76.5 cm³/mol. The molecule has 0 spiro atoms. The number of rotatable bonds is 4. The van der Waals surface area contributed by atoms with E-state index in [1.807, 2.05) is 12.1 Å². The van der Waals surface area contributed by atoms with Gasteiger partial charge in [0.1, 0.15) is 0 Å². The van der Waals surface area contributed by atoms with Crippen LogP contribution in [-0.2, 0) is 6.54 Å². The van der Waals surface area contributed by atoms with E-state index in [0.717, 1.165) is 23.9 Å². The van der Waals surface area contributed by atoms with E-state index in [1.54, 1.807) is 0 Å². The van der Waals surface area contributed by atoms with Crippen LogP contribution in [0.25, 0.3) is 0 Å². The lowest BCUT2D eigenvalue weighted by Crippen LogP contribution is -2.34. The zero-order chi connectivity index (χ0) is 13.1. The lowest BCUT2D eigenvalue weighted by Gasteiger charge is -2.30. The number of nitriles is 1. The van der Waals surface area contributed by atoms with Crippen LogP contribution < -0.4 is 5.32 Å². The number of benzene rings is 1. The van der Waals surface area contributed by atoms with Gasteiger partial charge in [-0.25, -0.2) is 0 Å². The van der Waals surface area contributed by atoms with Crippen molar-refractivity contribution in [2.75, 3.05) is 0 Å². The molecular weight excluding hydrogens is 232 g/mol. The molecule has 2 fully saturated rings. The Labute approximate surface area is 115 Å². The standard InChI is InChI=1S/C17H22N2/c18-11-13-4-6-14(7-5-13)12-19-17-3-1-2-16(10-17)15-8-9-15/h4-7,15-17,19H,1-3,8-10,12H2. The average molecular weight is 254 g/mol. The summed E-state index contributed by atoms with van der Waals surface area (Å²) in [5.74, 6) is 2.05. The van der Waals surface area contributed by atoms with Gasteiger partial charge in [0.25, 0.3) is 0 Å². The molecule has 0 heterocycles. The molecule has 2 saturated carbocycles. The molecule has 2 atom stereocenters. The van der Waals surface area contributed by atoms with Crippen molar-refractivity contribution in [3.63, 3.8) is 0 Å². The van der Waals surface area contributed by atoms with Gasteiger partial charge >= 0.3 is 0 Å². The van der Waals surface area contributed by atoms with Crippen LogP contribution >= 0.6 is 0 Å². The van der Waals surface area contributed by atoms with Crippen molar-refractivity contribution in [3.8, 4) is 6.07 Å². The Morgan fingerprint density at radius 2 is 1.84 bits per heavy atom. The van der Waals surface area contributed by atoms with Gasteiger partial charge in [-0.2, -0.15) is 5.26 Å². The van der Waals surface area contributed by atoms with E-state index in [9.17, 15) is 0 Å². The van der Waals surface area contributed by atoms with E-state index < -0.39 is 0 Å². The topological polar surface area (TPSA) is 35.8 Å². The van der Waals surface area contributed by atoms with Crippen LogP contribution in [0, 0.1) is 23.2 Å². The van der Waals surface area contributed by atoms with Gasteiger partial charge in [-0.3, -0.25) is 0 Å². The molecule has 1 aromatic rings. The van der Waals surface area contributed by atoms with Gasteiger partial charge in [0.05, 0.1) is 11.6 Å². The third-order valence-corrected chi connectivity index (χ3v) is 4.68. The molecule has 2 nitrogen and oxygen atoms in total. The van der Waals surface area contributed by atoms with Crippen LogP contribution in [0.3, 0.4) is 0 Å². The maximum atomic E-state index is 8.78. The third kappa shape index (κ3) is 3.36. The molecule has 2 aliphatic carbocycles. The first-order valence-corrected chi connectivity index (χ1v) is 7.57. The van der Waals surface area contributed by atoms with Gasteiger partial charge in [0, 0.05) is 12.6 Å². The maximum absolute atomic E-state index is 8.78. The Morgan fingerprint density at radius 3 is 2.53 bits per heavy atom. The van der Waals surface area contributed by atoms with Crippen molar-refractivity contribution in [3.05, 3.63) is 35.4 Å². The first-order chi connectivity index (χ1) is 9.35. The summed E-state index contributed by atoms with van der Waals surface area (Å²) in [5, 5.41) is 12.5. The second kappa shape index (κ2) is 5.75. The lowest BCUT2D eigenvalue weighted by atomic mass is 9.82. The zero-order valence-electron chi connectivity index (χ0n) is 11.4. The molecule has 0 amide bonds. The van der Waals surface area contributed by atoms with Crippen molar-refractivity contribution >= 4 is 0 Å². The van der Waals surface area contributed by atoms with Gasteiger partial charge < -0.3 is 5.32 Å². The van der Waals surface area contributed by atoms with Gasteiger partial charge in [-0.15, -0.1) is 0 Å². The molecule has 0 aliphatic heterocycles.